The summed E-state index contributed by atoms with van der Waals surface area (Å²) in [6.45, 7) is 6.14. The summed E-state index contributed by atoms with van der Waals surface area (Å²) < 4.78 is 0. The van der Waals surface area contributed by atoms with Crippen molar-refractivity contribution in [2.45, 2.75) is 25.9 Å². The van der Waals surface area contributed by atoms with Crippen LogP contribution in [-0.2, 0) is 11.3 Å². The molecule has 0 bridgehead atoms. The van der Waals surface area contributed by atoms with Crippen molar-refractivity contribution in [3.05, 3.63) is 41.4 Å². The van der Waals surface area contributed by atoms with Crippen molar-refractivity contribution < 1.29 is 4.79 Å². The molecule has 1 saturated heterocycles. The van der Waals surface area contributed by atoms with Gasteiger partial charge < -0.3 is 10.6 Å². The molecule has 22 heavy (non-hydrogen) atoms. The first kappa shape index (κ1) is 15.0. The number of hydrogen-bond acceptors (Lipinski definition) is 5. The topological polar surface area (TPSA) is 57.3 Å². The molecule has 5 nitrogen and oxygen atoms in total. The molecule has 3 rings (SSSR count). The van der Waals surface area contributed by atoms with Crippen molar-refractivity contribution in [3.63, 3.8) is 0 Å². The van der Waals surface area contributed by atoms with Gasteiger partial charge in [0.1, 0.15) is 0 Å². The highest BCUT2D eigenvalue weighted by atomic mass is 32.1. The minimum absolute atomic E-state index is 0.0802. The van der Waals surface area contributed by atoms with Gasteiger partial charge in [0.05, 0.1) is 11.2 Å². The van der Waals surface area contributed by atoms with Crippen LogP contribution in [-0.4, -0.2) is 34.4 Å². The zero-order valence-electron chi connectivity index (χ0n) is 12.8. The van der Waals surface area contributed by atoms with E-state index in [0.29, 0.717) is 13.1 Å². The predicted molar refractivity (Wildman–Crippen MR) is 89.3 cm³/mol. The Kier molecular flexibility index (Phi) is 4.13. The van der Waals surface area contributed by atoms with E-state index < -0.39 is 5.54 Å². The van der Waals surface area contributed by atoms with Gasteiger partial charge in [0.25, 0.3) is 0 Å². The van der Waals surface area contributed by atoms with Crippen LogP contribution in [0.25, 0.3) is 0 Å². The van der Waals surface area contributed by atoms with Crippen LogP contribution in [0.5, 0.6) is 0 Å². The average Bonchev–Trinajstić information content (AvgIpc) is 2.93. The Morgan fingerprint density at radius 1 is 1.36 bits per heavy atom. The second kappa shape index (κ2) is 6.06. The summed E-state index contributed by atoms with van der Waals surface area (Å²) in [7, 11) is 0. The third-order valence-corrected chi connectivity index (χ3v) is 4.75. The molecule has 2 aromatic rings. The maximum Gasteiger partial charge on any atom is 0.240 e. The van der Waals surface area contributed by atoms with Gasteiger partial charge in [-0.15, -0.1) is 11.3 Å². The van der Waals surface area contributed by atoms with Crippen LogP contribution >= 0.6 is 11.3 Å². The molecule has 0 radical (unpaired) electrons. The van der Waals surface area contributed by atoms with Crippen molar-refractivity contribution >= 4 is 28.1 Å². The summed E-state index contributed by atoms with van der Waals surface area (Å²) >= 11 is 1.58. The van der Waals surface area contributed by atoms with Gasteiger partial charge in [-0.3, -0.25) is 9.69 Å². The Balaban J connectivity index is 1.68. The molecule has 6 heteroatoms. The Hall–Kier alpha value is -1.92. The molecule has 116 valence electrons. The number of piperazine rings is 1. The number of benzene rings is 1. The molecule has 1 aromatic heterocycles. The standard InChI is InChI=1S/C16H20N4OS/c1-16(2)14(21)17-8-9-20(16)10-13-11-22-15(19-13)18-12-6-4-3-5-7-12/h3-7,11H,8-10H2,1-2H3,(H,17,21)(H,18,19). The lowest BCUT2D eigenvalue weighted by Gasteiger charge is -2.40. The van der Waals surface area contributed by atoms with Crippen LogP contribution in [0.1, 0.15) is 19.5 Å². The molecule has 0 spiro atoms. The van der Waals surface area contributed by atoms with Gasteiger partial charge in [0, 0.05) is 30.7 Å². The molecule has 2 heterocycles. The first-order valence-electron chi connectivity index (χ1n) is 7.35. The van der Waals surface area contributed by atoms with Gasteiger partial charge in [0.2, 0.25) is 5.91 Å². The Morgan fingerprint density at radius 3 is 2.91 bits per heavy atom. The fourth-order valence-electron chi connectivity index (χ4n) is 2.50. The smallest absolute Gasteiger partial charge is 0.240 e. The number of thiazole rings is 1. The van der Waals surface area contributed by atoms with Gasteiger partial charge in [-0.2, -0.15) is 0 Å². The van der Waals surface area contributed by atoms with Crippen LogP contribution in [0.3, 0.4) is 0 Å². The first-order valence-corrected chi connectivity index (χ1v) is 8.23. The summed E-state index contributed by atoms with van der Waals surface area (Å²) in [5.41, 5.74) is 1.53. The van der Waals surface area contributed by atoms with Crippen molar-refractivity contribution in [2.75, 3.05) is 18.4 Å². The van der Waals surface area contributed by atoms with Crippen molar-refractivity contribution in [1.29, 1.82) is 0 Å². The molecule has 1 fully saturated rings. The number of nitrogens with zero attached hydrogens (tertiary/aromatic N) is 2. The third-order valence-electron chi connectivity index (χ3n) is 3.94. The number of nitrogens with one attached hydrogen (secondary N) is 2. The summed E-state index contributed by atoms with van der Waals surface area (Å²) in [5.74, 6) is 0.0802. The number of carbonyl (C=O) groups excluding carboxylic acids is 1. The van der Waals surface area contributed by atoms with E-state index in [0.717, 1.165) is 23.1 Å². The molecule has 1 aliphatic heterocycles. The molecular weight excluding hydrogens is 296 g/mol. The highest BCUT2D eigenvalue weighted by Gasteiger charge is 2.37. The molecule has 1 aromatic carbocycles. The zero-order valence-corrected chi connectivity index (χ0v) is 13.6. The number of para-hydroxylation sites is 1. The van der Waals surface area contributed by atoms with Gasteiger partial charge in [-0.25, -0.2) is 4.98 Å². The maximum absolute atomic E-state index is 12.0. The van der Waals surface area contributed by atoms with Crippen LogP contribution < -0.4 is 10.6 Å². The number of amides is 1. The van der Waals surface area contributed by atoms with Gasteiger partial charge in [0.15, 0.2) is 5.13 Å². The highest BCUT2D eigenvalue weighted by molar-refractivity contribution is 7.13. The number of aromatic nitrogens is 1. The van der Waals surface area contributed by atoms with Gasteiger partial charge in [-0.05, 0) is 26.0 Å². The summed E-state index contributed by atoms with van der Waals surface area (Å²) in [5, 5.41) is 9.14. The second-order valence-corrected chi connectivity index (χ2v) is 6.73. The fourth-order valence-corrected chi connectivity index (χ4v) is 3.22. The summed E-state index contributed by atoms with van der Waals surface area (Å²) in [6, 6.07) is 10.00. The van der Waals surface area contributed by atoms with E-state index in [1.807, 2.05) is 49.6 Å². The average molecular weight is 316 g/mol. The number of carbonyl (C=O) groups is 1. The normalized spacial score (nSPS) is 18.0. The maximum atomic E-state index is 12.0. The quantitative estimate of drug-likeness (QED) is 0.910. The molecule has 0 unspecified atom stereocenters. The molecule has 1 aliphatic rings. The lowest BCUT2D eigenvalue weighted by atomic mass is 9.99. The Labute approximate surface area is 134 Å². The number of anilines is 2. The molecule has 0 atom stereocenters. The van der Waals surface area contributed by atoms with Crippen LogP contribution in [0.2, 0.25) is 0 Å². The predicted octanol–water partition coefficient (Wildman–Crippen LogP) is 2.60. The fraction of sp³-hybridized carbons (Fsp3) is 0.375. The van der Waals surface area contributed by atoms with E-state index in [1.54, 1.807) is 11.3 Å². The first-order chi connectivity index (χ1) is 10.6. The van der Waals surface area contributed by atoms with E-state index >= 15 is 0 Å². The zero-order chi connectivity index (χ0) is 15.6. The largest absolute Gasteiger partial charge is 0.353 e. The van der Waals surface area contributed by atoms with E-state index in [-0.39, 0.29) is 5.91 Å². The van der Waals surface area contributed by atoms with Gasteiger partial charge >= 0.3 is 0 Å². The lowest BCUT2D eigenvalue weighted by Crippen LogP contribution is -2.61. The van der Waals surface area contributed by atoms with Crippen molar-refractivity contribution in [2.24, 2.45) is 0 Å². The van der Waals surface area contributed by atoms with Crippen LogP contribution in [0, 0.1) is 0 Å². The summed E-state index contributed by atoms with van der Waals surface area (Å²) in [6.07, 6.45) is 0. The second-order valence-electron chi connectivity index (χ2n) is 5.87. The Bertz CT molecular complexity index is 653. The van der Waals surface area contributed by atoms with E-state index in [1.165, 1.54) is 0 Å². The van der Waals surface area contributed by atoms with Crippen LogP contribution in [0.4, 0.5) is 10.8 Å². The van der Waals surface area contributed by atoms with Crippen molar-refractivity contribution in [3.8, 4) is 0 Å². The van der Waals surface area contributed by atoms with E-state index in [2.05, 4.69) is 20.5 Å². The molecular formula is C16H20N4OS. The Morgan fingerprint density at radius 2 is 2.14 bits per heavy atom. The van der Waals surface area contributed by atoms with Gasteiger partial charge in [-0.1, -0.05) is 18.2 Å². The number of rotatable bonds is 4. The van der Waals surface area contributed by atoms with Crippen LogP contribution in [0.15, 0.2) is 35.7 Å². The third kappa shape index (κ3) is 3.13. The lowest BCUT2D eigenvalue weighted by molar-refractivity contribution is -0.135. The highest BCUT2D eigenvalue weighted by Crippen LogP contribution is 2.24. The summed E-state index contributed by atoms with van der Waals surface area (Å²) in [4.78, 5) is 18.8. The van der Waals surface area contributed by atoms with E-state index in [9.17, 15) is 4.79 Å². The SMILES string of the molecule is CC1(C)C(=O)NCCN1Cc1csc(Nc2ccccc2)n1. The van der Waals surface area contributed by atoms with E-state index in [4.69, 9.17) is 0 Å². The minimum Gasteiger partial charge on any atom is -0.353 e. The molecule has 0 saturated carbocycles. The number of hydrogen-bond donors (Lipinski definition) is 2. The minimum atomic E-state index is -0.491. The molecule has 1 amide bonds. The van der Waals surface area contributed by atoms with Crippen molar-refractivity contribution in [1.82, 2.24) is 15.2 Å². The molecule has 2 N–H and O–H groups in total. The molecule has 0 aliphatic carbocycles. The monoisotopic (exact) mass is 316 g/mol.